The van der Waals surface area contributed by atoms with Gasteiger partial charge in [0.15, 0.2) is 6.23 Å². The van der Waals surface area contributed by atoms with E-state index in [4.69, 9.17) is 25.2 Å². The summed E-state index contributed by atoms with van der Waals surface area (Å²) < 4.78 is 78.4. The second-order valence-electron chi connectivity index (χ2n) is 5.97. The van der Waals surface area contributed by atoms with Crippen LogP contribution in [0.25, 0.3) is 0 Å². The van der Waals surface area contributed by atoms with Crippen LogP contribution >= 0.6 is 23.5 Å². The number of hydrogen-bond acceptors (Lipinski definition) is 12. The fraction of sp³-hybridized carbons (Fsp3) is 0.545. The molecule has 0 aliphatic carbocycles. The molecule has 1 aliphatic rings. The Labute approximate surface area is 181 Å². The minimum Gasteiger partial charge on any atom is -0.386 e. The van der Waals surface area contributed by atoms with Crippen LogP contribution in [0.1, 0.15) is 6.23 Å². The van der Waals surface area contributed by atoms with Gasteiger partial charge in [-0.2, -0.15) is 13.6 Å². The molecule has 1 aromatic rings. The zero-order chi connectivity index (χ0) is 25.2. The highest BCUT2D eigenvalue weighted by Gasteiger charge is 2.58. The number of phosphoric acid groups is 3. The first-order valence-electron chi connectivity index (χ1n) is 8.07. The summed E-state index contributed by atoms with van der Waals surface area (Å²) in [6, 6.07) is 0. The van der Waals surface area contributed by atoms with Crippen molar-refractivity contribution in [2.75, 3.05) is 19.0 Å². The predicted molar refractivity (Wildman–Crippen MR) is 98.0 cm³/mol. The van der Waals surface area contributed by atoms with Crippen LogP contribution in [-0.2, 0) is 31.6 Å². The molecule has 7 N–H and O–H groups in total. The number of nitrogen functional groups attached to an aromatic ring is 1. The molecule has 17 nitrogen and oxygen atoms in total. The van der Waals surface area contributed by atoms with Gasteiger partial charge >= 0.3 is 29.2 Å². The number of halogens is 2. The predicted octanol–water partition coefficient (Wildman–Crippen LogP) is -1.50. The van der Waals surface area contributed by atoms with Gasteiger partial charge in [0.05, 0.1) is 6.61 Å². The van der Waals surface area contributed by atoms with Crippen molar-refractivity contribution >= 4 is 29.4 Å². The Kier molecular flexibility index (Phi) is 8.30. The van der Waals surface area contributed by atoms with E-state index in [2.05, 4.69) is 23.1 Å². The Balaban J connectivity index is 2.26. The van der Waals surface area contributed by atoms with Crippen molar-refractivity contribution in [2.45, 2.75) is 24.1 Å². The number of hydrogen-bond donors (Lipinski definition) is 6. The number of aliphatic hydroxyl groups is 1. The largest absolute Gasteiger partial charge is 0.490 e. The molecule has 33 heavy (non-hydrogen) atoms. The summed E-state index contributed by atoms with van der Waals surface area (Å²) in [6.45, 7) is -2.65. The van der Waals surface area contributed by atoms with E-state index in [9.17, 15) is 32.9 Å². The Morgan fingerprint density at radius 2 is 1.88 bits per heavy atom. The van der Waals surface area contributed by atoms with Crippen molar-refractivity contribution in [3.05, 3.63) is 16.8 Å². The number of nitrogens with zero attached hydrogens (tertiary/aromatic N) is 3. The maximum Gasteiger partial charge on any atom is 0.490 e. The van der Waals surface area contributed by atoms with Gasteiger partial charge < -0.3 is 35.2 Å². The first-order valence-corrected chi connectivity index (χ1v) is 12.6. The summed E-state index contributed by atoms with van der Waals surface area (Å²) in [5.74, 6) is 2.91. The van der Waals surface area contributed by atoms with Crippen LogP contribution in [-0.4, -0.2) is 70.4 Å². The van der Waals surface area contributed by atoms with E-state index in [-0.39, 0.29) is 0 Å². The molecule has 0 aromatic carbocycles. The standard InChI is InChI=1S/C11H15F2N4O13P3/c12-3-1-2-11(13)7(18)6(28-8(11)17-5-15-9(14)16-10(17)19)4-27-32(23,24)30-33(25,26)29-31(20,21)22/h5-8,18H,3-4H2,(H,23,24)(H,25,26)(H2,14,16,19)(H2,20,21,22)/t6-,7?,8-,11-/m1/s1. The van der Waals surface area contributed by atoms with Gasteiger partial charge in [0, 0.05) is 0 Å². The van der Waals surface area contributed by atoms with Crippen LogP contribution in [0.4, 0.5) is 14.7 Å². The number of ether oxygens (including phenoxy) is 1. The number of rotatable bonds is 8. The summed E-state index contributed by atoms with van der Waals surface area (Å²) in [4.78, 5) is 54.2. The number of aromatic nitrogens is 3. The van der Waals surface area contributed by atoms with Crippen LogP contribution in [0.2, 0.25) is 0 Å². The molecule has 22 heteroatoms. The molecule has 0 spiro atoms. The first kappa shape index (κ1) is 27.6. The van der Waals surface area contributed by atoms with Gasteiger partial charge in [0.2, 0.25) is 11.6 Å². The molecular weight excluding hydrogens is 527 g/mol. The molecule has 0 radical (unpaired) electrons. The molecule has 1 aromatic heterocycles. The molecular formula is C11H15F2N4O13P3. The summed E-state index contributed by atoms with van der Waals surface area (Å²) in [5, 5.41) is 10.3. The average molecular weight is 542 g/mol. The second kappa shape index (κ2) is 9.92. The summed E-state index contributed by atoms with van der Waals surface area (Å²) >= 11 is 0. The lowest BCUT2D eigenvalue weighted by atomic mass is 9.96. The van der Waals surface area contributed by atoms with E-state index in [0.29, 0.717) is 10.9 Å². The first-order chi connectivity index (χ1) is 15.0. The SMILES string of the molecule is Nc1ncn([C@@H]2O[C@H](COP(=O)(O)OP(=O)(O)OP(=O)(O)O)C(O)[C@]2(F)C#CCF)c(=O)n1. The number of alkyl halides is 2. The normalized spacial score (nSPS) is 29.0. The Bertz CT molecular complexity index is 1150. The van der Waals surface area contributed by atoms with E-state index in [1.807, 2.05) is 0 Å². The number of nitrogens with two attached hydrogens (primary N) is 1. The molecule has 1 fully saturated rings. The van der Waals surface area contributed by atoms with Gasteiger partial charge in [-0.05, 0) is 0 Å². The molecule has 2 rings (SSSR count). The number of phosphoric ester groups is 1. The summed E-state index contributed by atoms with van der Waals surface area (Å²) in [6.07, 6.45) is -5.80. The molecule has 2 heterocycles. The zero-order valence-corrected chi connectivity index (χ0v) is 18.4. The van der Waals surface area contributed by atoms with E-state index >= 15 is 4.39 Å². The van der Waals surface area contributed by atoms with Gasteiger partial charge in [-0.1, -0.05) is 11.8 Å². The van der Waals surface area contributed by atoms with Crippen molar-refractivity contribution in [2.24, 2.45) is 0 Å². The lowest BCUT2D eigenvalue weighted by Gasteiger charge is -2.23. The van der Waals surface area contributed by atoms with Crippen LogP contribution < -0.4 is 11.4 Å². The monoisotopic (exact) mass is 542 g/mol. The maximum absolute atomic E-state index is 15.5. The van der Waals surface area contributed by atoms with E-state index in [0.717, 1.165) is 0 Å². The minimum atomic E-state index is -5.84. The van der Waals surface area contributed by atoms with Crippen molar-refractivity contribution in [3.63, 3.8) is 0 Å². The third-order valence-electron chi connectivity index (χ3n) is 3.61. The molecule has 0 amide bonds. The van der Waals surface area contributed by atoms with Gasteiger partial charge in [-0.3, -0.25) is 9.09 Å². The van der Waals surface area contributed by atoms with Crippen LogP contribution in [0.5, 0.6) is 0 Å². The Morgan fingerprint density at radius 1 is 1.24 bits per heavy atom. The fourth-order valence-electron chi connectivity index (χ4n) is 2.45. The lowest BCUT2D eigenvalue weighted by molar-refractivity contribution is -0.0539. The van der Waals surface area contributed by atoms with Crippen LogP contribution in [0.3, 0.4) is 0 Å². The third-order valence-corrected chi connectivity index (χ3v) is 7.41. The van der Waals surface area contributed by atoms with Crippen molar-refractivity contribution in [1.29, 1.82) is 0 Å². The van der Waals surface area contributed by atoms with Crippen molar-refractivity contribution in [3.8, 4) is 11.8 Å². The molecule has 0 bridgehead atoms. The zero-order valence-electron chi connectivity index (χ0n) is 15.7. The highest BCUT2D eigenvalue weighted by atomic mass is 31.3. The lowest BCUT2D eigenvalue weighted by Crippen LogP contribution is -2.44. The molecule has 1 aliphatic heterocycles. The highest BCUT2D eigenvalue weighted by Crippen LogP contribution is 2.66. The molecule has 0 saturated carbocycles. The Morgan fingerprint density at radius 3 is 2.42 bits per heavy atom. The smallest absolute Gasteiger partial charge is 0.386 e. The molecule has 3 unspecified atom stereocenters. The van der Waals surface area contributed by atoms with Crippen molar-refractivity contribution < 1.29 is 65.0 Å². The third kappa shape index (κ3) is 7.17. The number of anilines is 1. The summed E-state index contributed by atoms with van der Waals surface area (Å²) in [5.41, 5.74) is 0.773. The topological polar surface area (TPSA) is 263 Å². The van der Waals surface area contributed by atoms with E-state index in [1.165, 1.54) is 0 Å². The van der Waals surface area contributed by atoms with Gasteiger partial charge in [-0.15, -0.1) is 0 Å². The minimum absolute atomic E-state index is 0.386. The number of aliphatic hydroxyl groups excluding tert-OH is 1. The fourth-order valence-corrected chi connectivity index (χ4v) is 5.48. The highest BCUT2D eigenvalue weighted by molar-refractivity contribution is 7.66. The molecule has 1 saturated heterocycles. The second-order valence-corrected chi connectivity index (χ2v) is 10.4. The quantitative estimate of drug-likeness (QED) is 0.161. The molecule has 186 valence electrons. The van der Waals surface area contributed by atoms with Crippen molar-refractivity contribution in [1.82, 2.24) is 14.5 Å². The van der Waals surface area contributed by atoms with E-state index in [1.54, 1.807) is 11.8 Å². The van der Waals surface area contributed by atoms with Gasteiger partial charge in [0.1, 0.15) is 25.2 Å². The van der Waals surface area contributed by atoms with Gasteiger partial charge in [-0.25, -0.2) is 32.3 Å². The van der Waals surface area contributed by atoms with Crippen LogP contribution in [0.15, 0.2) is 11.1 Å². The molecule has 6 atom stereocenters. The average Bonchev–Trinajstić information content (AvgIpc) is 2.87. The summed E-state index contributed by atoms with van der Waals surface area (Å²) in [7, 11) is -17.1. The maximum atomic E-state index is 15.5. The van der Waals surface area contributed by atoms with Gasteiger partial charge in [0.25, 0.3) is 0 Å². The van der Waals surface area contributed by atoms with Crippen LogP contribution in [0, 0.1) is 11.8 Å². The van der Waals surface area contributed by atoms with E-state index < -0.39 is 72.5 Å². The Hall–Kier alpha value is -1.64.